The number of allylic oxidation sites excluding steroid dienone is 4. The zero-order valence-electron chi connectivity index (χ0n) is 29.1. The molecule has 276 valence electrons. The van der Waals surface area contributed by atoms with Gasteiger partial charge in [-0.05, 0) is 95.1 Å². The summed E-state index contributed by atoms with van der Waals surface area (Å²) in [4.78, 5) is -0.303. The normalized spacial score (nSPS) is 19.1. The number of hydrogen-bond donors (Lipinski definition) is 3. The number of aromatic hydroxyl groups is 3. The Hall–Kier alpha value is -7.21. The fourth-order valence-electron chi connectivity index (χ4n) is 9.58. The molecule has 11 heteroatoms. The Morgan fingerprint density at radius 2 is 0.842 bits per heavy atom. The maximum absolute atomic E-state index is 12.0. The lowest BCUT2D eigenvalue weighted by Crippen LogP contribution is -2.71. The predicted octanol–water partition coefficient (Wildman–Crippen LogP) is 5.08. The number of phenols is 3. The van der Waals surface area contributed by atoms with Crippen LogP contribution >= 0.6 is 0 Å². The van der Waals surface area contributed by atoms with Crippen LogP contribution in [0.1, 0.15) is 41.1 Å². The third-order valence-electron chi connectivity index (χ3n) is 11.7. The lowest BCUT2D eigenvalue weighted by molar-refractivity contribution is -0.834. The Labute approximate surface area is 326 Å². The third kappa shape index (κ3) is 4.03. The van der Waals surface area contributed by atoms with Gasteiger partial charge in [-0.3, -0.25) is 0 Å². The second-order valence-corrected chi connectivity index (χ2v) is 15.9. The van der Waals surface area contributed by atoms with Crippen LogP contribution in [0, 0.1) is 0 Å². The maximum Gasteiger partial charge on any atom is 0.553 e. The van der Waals surface area contributed by atoms with Crippen molar-refractivity contribution in [1.82, 2.24) is 9.13 Å². The van der Waals surface area contributed by atoms with Gasteiger partial charge in [-0.15, -0.1) is 0 Å². The van der Waals surface area contributed by atoms with Gasteiger partial charge in [0.2, 0.25) is 22.8 Å². The topological polar surface area (TPSA) is 134 Å². The van der Waals surface area contributed by atoms with Gasteiger partial charge in [-0.1, -0.05) is 65.1 Å². The first-order valence-corrected chi connectivity index (χ1v) is 19.4. The molecule has 0 saturated carbocycles. The van der Waals surface area contributed by atoms with Gasteiger partial charge in [-0.2, -0.15) is 9.13 Å². The smallest absolute Gasteiger partial charge is 0.553 e. The van der Waals surface area contributed by atoms with Crippen molar-refractivity contribution in [3.63, 3.8) is 0 Å². The van der Waals surface area contributed by atoms with E-state index in [1.807, 2.05) is 36.4 Å². The highest BCUT2D eigenvalue weighted by Crippen LogP contribution is 2.53. The van der Waals surface area contributed by atoms with Crippen LogP contribution in [0.15, 0.2) is 162 Å². The molecule has 10 nitrogen and oxygen atoms in total. The standard InChI is InChI=1S/C45H26N4O6S.CH4/c50-29-9-1-25(2-10-29)41-33-17-19-35-42(26-3-11-30(51)12-4-26)37-21-23-39-44(28-7-15-32(16-8-28)56(53,54)55)40-24-22-38-43(27-5-13-31(52)14-6-27)36-20-18-34(41)47(36)45(46(33)35,48(37)39)49(38)40;/h1-24H,(H2,51,52,53,54,55);1H4/p+1. The van der Waals surface area contributed by atoms with Gasteiger partial charge in [0, 0.05) is 24.3 Å². The quantitative estimate of drug-likeness (QED) is 0.166. The maximum atomic E-state index is 12.0. The highest BCUT2D eigenvalue weighted by molar-refractivity contribution is 7.85. The molecule has 6 aliphatic rings. The first-order chi connectivity index (χ1) is 27.1. The molecular formula is C46H31N4O6S+. The molecule has 1 atom stereocenters. The summed E-state index contributed by atoms with van der Waals surface area (Å²) in [6.45, 7) is 0. The molecular weight excluding hydrogens is 737 g/mol. The second kappa shape index (κ2) is 11.0. The minimum atomic E-state index is -4.67. The molecule has 3 N–H and O–H groups in total. The van der Waals surface area contributed by atoms with Crippen LogP contribution in [0.3, 0.4) is 0 Å². The molecule has 0 fully saturated rings. The highest BCUT2D eigenvalue weighted by Gasteiger charge is 2.72. The first-order valence-electron chi connectivity index (χ1n) is 18.0. The van der Waals surface area contributed by atoms with E-state index in [-0.39, 0.29) is 29.6 Å². The van der Waals surface area contributed by atoms with Gasteiger partial charge < -0.3 is 19.9 Å². The molecule has 0 bridgehead atoms. The molecule has 6 aliphatic heterocycles. The van der Waals surface area contributed by atoms with E-state index in [1.54, 1.807) is 48.5 Å². The van der Waals surface area contributed by atoms with E-state index in [2.05, 4.69) is 66.9 Å². The Kier molecular flexibility index (Phi) is 6.38. The van der Waals surface area contributed by atoms with Crippen molar-refractivity contribution in [2.45, 2.75) is 18.2 Å². The van der Waals surface area contributed by atoms with Crippen LogP contribution < -0.4 is 10.7 Å². The lowest BCUT2D eigenvalue weighted by Gasteiger charge is -2.41. The van der Waals surface area contributed by atoms with Gasteiger partial charge in [0.25, 0.3) is 0 Å². The van der Waals surface area contributed by atoms with Crippen molar-refractivity contribution >= 4 is 43.8 Å². The SMILES string of the molecule is C.O=S(=O)([O-])c1ccc(C2=C3C=CC4=[N+]3C35n6c(ccc62)C(c2ccc(O)cc2)=C2C=CC(=[N+]23)C(c2ccc(O)cc2)=c2ccc(n25)=C4c2ccc(O)cc2)cc1. The summed E-state index contributed by atoms with van der Waals surface area (Å²) < 4.78 is 45.5. The largest absolute Gasteiger partial charge is 0.744 e. The van der Waals surface area contributed by atoms with Crippen LogP contribution in [0.25, 0.3) is 22.3 Å². The number of nitrogens with zero attached hydrogens (tertiary/aromatic N) is 4. The summed E-state index contributed by atoms with van der Waals surface area (Å²) in [6.07, 6.45) is 8.52. The van der Waals surface area contributed by atoms with Crippen molar-refractivity contribution in [1.29, 1.82) is 0 Å². The number of aromatic nitrogens is 2. The molecule has 12 rings (SSSR count). The summed E-state index contributed by atoms with van der Waals surface area (Å²) >= 11 is 0. The molecule has 4 aromatic carbocycles. The average molecular weight is 768 g/mol. The highest BCUT2D eigenvalue weighted by atomic mass is 32.2. The monoisotopic (exact) mass is 767 g/mol. The molecule has 2 aromatic heterocycles. The van der Waals surface area contributed by atoms with Crippen molar-refractivity contribution in [3.05, 3.63) is 201 Å². The Morgan fingerprint density at radius 3 is 1.23 bits per heavy atom. The predicted molar refractivity (Wildman–Crippen MR) is 213 cm³/mol. The zero-order chi connectivity index (χ0) is 37.8. The fourth-order valence-corrected chi connectivity index (χ4v) is 10.1. The summed E-state index contributed by atoms with van der Waals surface area (Å²) in [7, 11) is -4.67. The molecule has 0 saturated heterocycles. The second-order valence-electron chi connectivity index (χ2n) is 14.5. The zero-order valence-corrected chi connectivity index (χ0v) is 29.9. The van der Waals surface area contributed by atoms with E-state index in [4.69, 9.17) is 0 Å². The molecule has 0 amide bonds. The Balaban J connectivity index is 0.00000374. The van der Waals surface area contributed by atoms with E-state index in [1.165, 1.54) is 12.1 Å². The van der Waals surface area contributed by atoms with Crippen molar-refractivity contribution in [3.8, 4) is 17.2 Å². The van der Waals surface area contributed by atoms with E-state index in [0.717, 1.165) is 89.4 Å². The number of phenolic OH excluding ortho intramolecular Hbond substituents is 3. The van der Waals surface area contributed by atoms with Crippen molar-refractivity contribution in [2.75, 3.05) is 0 Å². The fraction of sp³-hybridized carbons (Fsp3) is 0.0435. The molecule has 0 radical (unpaired) electrons. The number of hydrogen-bond acceptors (Lipinski definition) is 6. The molecule has 6 aromatic rings. The lowest BCUT2D eigenvalue weighted by atomic mass is 9.93. The third-order valence-corrected chi connectivity index (χ3v) is 12.5. The number of rotatable bonds is 5. The van der Waals surface area contributed by atoms with Gasteiger partial charge in [-0.25, -0.2) is 8.42 Å². The van der Waals surface area contributed by atoms with Crippen molar-refractivity contribution < 1.29 is 37.4 Å². The van der Waals surface area contributed by atoms with Crippen LogP contribution in [-0.2, 0) is 16.0 Å². The van der Waals surface area contributed by atoms with Gasteiger partial charge >= 0.3 is 5.91 Å². The van der Waals surface area contributed by atoms with Gasteiger partial charge in [0.05, 0.1) is 49.3 Å². The average Bonchev–Trinajstić information content (AvgIpc) is 4.02. The molecule has 57 heavy (non-hydrogen) atoms. The molecule has 8 heterocycles. The van der Waals surface area contributed by atoms with Gasteiger partial charge in [0.15, 0.2) is 0 Å². The Bertz CT molecular complexity index is 3300. The summed E-state index contributed by atoms with van der Waals surface area (Å²) in [5.74, 6) is -0.591. The molecule has 1 unspecified atom stereocenters. The summed E-state index contributed by atoms with van der Waals surface area (Å²) in [5.41, 5.74) is 12.7. The minimum absolute atomic E-state index is 0. The van der Waals surface area contributed by atoms with Crippen molar-refractivity contribution in [2.24, 2.45) is 0 Å². The van der Waals surface area contributed by atoms with E-state index in [0.29, 0.717) is 0 Å². The van der Waals surface area contributed by atoms with Gasteiger partial charge in [0.1, 0.15) is 27.4 Å². The van der Waals surface area contributed by atoms with E-state index >= 15 is 0 Å². The molecule has 1 spiro atoms. The summed E-state index contributed by atoms with van der Waals surface area (Å²) in [5, 5.41) is 33.0. The van der Waals surface area contributed by atoms with Crippen LogP contribution in [0.4, 0.5) is 0 Å². The molecule has 0 aliphatic carbocycles. The van der Waals surface area contributed by atoms with E-state index in [9.17, 15) is 28.3 Å². The Morgan fingerprint density at radius 1 is 0.474 bits per heavy atom. The first kappa shape index (κ1) is 33.2. The van der Waals surface area contributed by atoms with Crippen LogP contribution in [0.2, 0.25) is 0 Å². The number of benzene rings is 4. The van der Waals surface area contributed by atoms with Crippen LogP contribution in [0.5, 0.6) is 17.2 Å². The van der Waals surface area contributed by atoms with E-state index < -0.39 is 16.0 Å². The minimum Gasteiger partial charge on any atom is -0.744 e. The summed E-state index contributed by atoms with van der Waals surface area (Å²) in [6, 6.07) is 36.3. The van der Waals surface area contributed by atoms with Crippen LogP contribution in [-0.4, -0.2) is 58.0 Å².